The van der Waals surface area contributed by atoms with Crippen LogP contribution in [0.15, 0.2) is 23.4 Å². The SMILES string of the molecule is COCCN(C)c1cnn([C@@H]2CCCN(c3ncnc4c3CCCC4)C2)c(=O)c1. The lowest BCUT2D eigenvalue weighted by Gasteiger charge is -2.35. The molecule has 3 heterocycles. The Morgan fingerprint density at radius 2 is 2.10 bits per heavy atom. The molecule has 1 aliphatic carbocycles. The molecule has 0 bridgehead atoms. The van der Waals surface area contributed by atoms with E-state index in [1.54, 1.807) is 30.4 Å². The molecule has 4 rings (SSSR count). The molecule has 0 radical (unpaired) electrons. The number of hydrogen-bond acceptors (Lipinski definition) is 7. The van der Waals surface area contributed by atoms with Crippen molar-refractivity contribution >= 4 is 11.5 Å². The van der Waals surface area contributed by atoms with Gasteiger partial charge in [-0.15, -0.1) is 0 Å². The fraction of sp³-hybridized carbons (Fsp3) is 0.619. The second kappa shape index (κ2) is 8.90. The number of hydrogen-bond donors (Lipinski definition) is 0. The van der Waals surface area contributed by atoms with E-state index in [2.05, 4.69) is 20.0 Å². The predicted molar refractivity (Wildman–Crippen MR) is 113 cm³/mol. The van der Waals surface area contributed by atoms with Gasteiger partial charge in [-0.05, 0) is 38.5 Å². The van der Waals surface area contributed by atoms with Crippen LogP contribution in [0.2, 0.25) is 0 Å². The molecule has 1 atom stereocenters. The van der Waals surface area contributed by atoms with Crippen LogP contribution in [-0.4, -0.2) is 60.1 Å². The zero-order valence-corrected chi connectivity index (χ0v) is 17.4. The number of anilines is 2. The average molecular weight is 399 g/mol. The first kappa shape index (κ1) is 19.8. The number of likely N-dealkylation sites (N-methyl/N-ethyl adjacent to an activating group) is 1. The van der Waals surface area contributed by atoms with E-state index >= 15 is 0 Å². The molecular weight excluding hydrogens is 368 g/mol. The van der Waals surface area contributed by atoms with E-state index in [1.165, 1.54) is 24.1 Å². The van der Waals surface area contributed by atoms with E-state index in [0.29, 0.717) is 6.61 Å². The molecule has 0 saturated carbocycles. The Kier molecular flexibility index (Phi) is 6.08. The van der Waals surface area contributed by atoms with Gasteiger partial charge in [-0.2, -0.15) is 5.10 Å². The summed E-state index contributed by atoms with van der Waals surface area (Å²) in [5.41, 5.74) is 3.26. The molecule has 8 nitrogen and oxygen atoms in total. The maximum Gasteiger partial charge on any atom is 0.269 e. The van der Waals surface area contributed by atoms with E-state index in [0.717, 1.165) is 56.8 Å². The fourth-order valence-electron chi connectivity index (χ4n) is 4.37. The van der Waals surface area contributed by atoms with Gasteiger partial charge in [-0.3, -0.25) is 4.79 Å². The average Bonchev–Trinajstić information content (AvgIpc) is 2.77. The fourth-order valence-corrected chi connectivity index (χ4v) is 4.37. The number of rotatable bonds is 6. The van der Waals surface area contributed by atoms with Gasteiger partial charge in [0.25, 0.3) is 5.56 Å². The number of nitrogens with zero attached hydrogens (tertiary/aromatic N) is 6. The van der Waals surface area contributed by atoms with Crippen LogP contribution in [0.3, 0.4) is 0 Å². The van der Waals surface area contributed by atoms with Gasteiger partial charge in [-0.25, -0.2) is 14.6 Å². The highest BCUT2D eigenvalue weighted by Crippen LogP contribution is 2.30. The summed E-state index contributed by atoms with van der Waals surface area (Å²) in [6.07, 6.45) is 9.94. The van der Waals surface area contributed by atoms with Crippen molar-refractivity contribution in [3.63, 3.8) is 0 Å². The number of ether oxygens (including phenoxy) is 1. The van der Waals surface area contributed by atoms with E-state index in [9.17, 15) is 4.79 Å². The molecule has 29 heavy (non-hydrogen) atoms. The molecule has 2 aromatic rings. The first-order valence-electron chi connectivity index (χ1n) is 10.5. The van der Waals surface area contributed by atoms with Crippen LogP contribution < -0.4 is 15.4 Å². The maximum absolute atomic E-state index is 12.8. The van der Waals surface area contributed by atoms with Crippen LogP contribution in [0.4, 0.5) is 11.5 Å². The van der Waals surface area contributed by atoms with Crippen molar-refractivity contribution < 1.29 is 4.74 Å². The lowest BCUT2D eigenvalue weighted by atomic mass is 9.95. The highest BCUT2D eigenvalue weighted by Gasteiger charge is 2.27. The van der Waals surface area contributed by atoms with Crippen LogP contribution in [0.5, 0.6) is 0 Å². The van der Waals surface area contributed by atoms with Crippen molar-refractivity contribution in [1.82, 2.24) is 19.7 Å². The molecule has 1 saturated heterocycles. The summed E-state index contributed by atoms with van der Waals surface area (Å²) in [6, 6.07) is 1.73. The van der Waals surface area contributed by atoms with Gasteiger partial charge < -0.3 is 14.5 Å². The topological polar surface area (TPSA) is 76.4 Å². The second-order valence-electron chi connectivity index (χ2n) is 7.98. The molecule has 156 valence electrons. The van der Waals surface area contributed by atoms with Crippen LogP contribution >= 0.6 is 0 Å². The van der Waals surface area contributed by atoms with Crippen molar-refractivity contribution in [3.05, 3.63) is 40.2 Å². The van der Waals surface area contributed by atoms with E-state index in [4.69, 9.17) is 4.74 Å². The van der Waals surface area contributed by atoms with Gasteiger partial charge in [0.15, 0.2) is 0 Å². The lowest BCUT2D eigenvalue weighted by Crippen LogP contribution is -2.41. The molecule has 0 N–H and O–H groups in total. The summed E-state index contributed by atoms with van der Waals surface area (Å²) >= 11 is 0. The summed E-state index contributed by atoms with van der Waals surface area (Å²) in [5, 5.41) is 4.51. The minimum absolute atomic E-state index is 0.0525. The van der Waals surface area contributed by atoms with Gasteiger partial charge in [0, 0.05) is 51.1 Å². The van der Waals surface area contributed by atoms with Gasteiger partial charge in [-0.1, -0.05) is 0 Å². The van der Waals surface area contributed by atoms with Gasteiger partial charge >= 0.3 is 0 Å². The molecule has 0 spiro atoms. The molecule has 8 heteroatoms. The highest BCUT2D eigenvalue weighted by molar-refractivity contribution is 5.50. The molecule has 1 fully saturated rings. The normalized spacial score (nSPS) is 19.1. The van der Waals surface area contributed by atoms with Crippen molar-refractivity contribution in [2.45, 2.75) is 44.6 Å². The Labute approximate surface area is 171 Å². The van der Waals surface area contributed by atoms with Gasteiger partial charge in [0.2, 0.25) is 0 Å². The third-order valence-electron chi connectivity index (χ3n) is 6.03. The summed E-state index contributed by atoms with van der Waals surface area (Å²) in [6.45, 7) is 3.06. The molecule has 2 aliphatic rings. The smallest absolute Gasteiger partial charge is 0.269 e. The maximum atomic E-state index is 12.8. The number of piperidine rings is 1. The molecule has 0 amide bonds. The summed E-state index contributed by atoms with van der Waals surface area (Å²) in [5.74, 6) is 1.06. The monoisotopic (exact) mass is 398 g/mol. The number of fused-ring (bicyclic) bond motifs is 1. The predicted octanol–water partition coefficient (Wildman–Crippen LogP) is 1.84. The van der Waals surface area contributed by atoms with Gasteiger partial charge in [0.05, 0.1) is 24.5 Å². The molecule has 2 aromatic heterocycles. The standard InChI is InChI=1S/C21H30N6O2/c1-25(10-11-29-2)17-12-20(28)27(24-13-17)16-6-5-9-26(14-16)21-18-7-3-4-8-19(18)22-15-23-21/h12-13,15-16H,3-11,14H2,1-2H3/t16-/m1/s1. The van der Waals surface area contributed by atoms with Crippen LogP contribution in [0, 0.1) is 0 Å². The van der Waals surface area contributed by atoms with Crippen LogP contribution in [0.1, 0.15) is 43.0 Å². The molecule has 1 aliphatic heterocycles. The number of methoxy groups -OCH3 is 1. The number of aryl methyl sites for hydroxylation is 1. The van der Waals surface area contributed by atoms with Crippen LogP contribution in [0.25, 0.3) is 0 Å². The largest absolute Gasteiger partial charge is 0.383 e. The minimum atomic E-state index is -0.0525. The molecular formula is C21H30N6O2. The van der Waals surface area contributed by atoms with Crippen molar-refractivity contribution in [3.8, 4) is 0 Å². The second-order valence-corrected chi connectivity index (χ2v) is 7.98. The highest BCUT2D eigenvalue weighted by atomic mass is 16.5. The number of aromatic nitrogens is 4. The third kappa shape index (κ3) is 4.27. The Balaban J connectivity index is 1.53. The Morgan fingerprint density at radius 1 is 1.24 bits per heavy atom. The third-order valence-corrected chi connectivity index (χ3v) is 6.03. The first-order valence-corrected chi connectivity index (χ1v) is 10.5. The van der Waals surface area contributed by atoms with E-state index in [1.807, 2.05) is 11.9 Å². The summed E-state index contributed by atoms with van der Waals surface area (Å²) in [4.78, 5) is 26.2. The van der Waals surface area contributed by atoms with Crippen LogP contribution in [-0.2, 0) is 17.6 Å². The lowest BCUT2D eigenvalue weighted by molar-refractivity contribution is 0.206. The zero-order chi connectivity index (χ0) is 20.2. The molecule has 0 aromatic carbocycles. The van der Waals surface area contributed by atoms with E-state index in [-0.39, 0.29) is 11.6 Å². The van der Waals surface area contributed by atoms with Crippen molar-refractivity contribution in [1.29, 1.82) is 0 Å². The Hall–Kier alpha value is -2.48. The van der Waals surface area contributed by atoms with Gasteiger partial charge in [0.1, 0.15) is 12.1 Å². The summed E-state index contributed by atoms with van der Waals surface area (Å²) < 4.78 is 6.76. The van der Waals surface area contributed by atoms with Crippen molar-refractivity contribution in [2.24, 2.45) is 0 Å². The summed E-state index contributed by atoms with van der Waals surface area (Å²) in [7, 11) is 3.62. The van der Waals surface area contributed by atoms with Crippen molar-refractivity contribution in [2.75, 3.05) is 50.2 Å². The first-order chi connectivity index (χ1) is 14.2. The zero-order valence-electron chi connectivity index (χ0n) is 17.4. The molecule has 0 unspecified atom stereocenters. The Morgan fingerprint density at radius 3 is 2.93 bits per heavy atom. The minimum Gasteiger partial charge on any atom is -0.383 e. The quantitative estimate of drug-likeness (QED) is 0.735. The Bertz CT molecular complexity index is 899. The van der Waals surface area contributed by atoms with E-state index < -0.39 is 0 Å².